The first kappa shape index (κ1) is 15.0. The molecule has 1 N–H and O–H groups in total. The summed E-state index contributed by atoms with van der Waals surface area (Å²) in [6.45, 7) is 1.09. The van der Waals surface area contributed by atoms with Gasteiger partial charge in [-0.1, -0.05) is 19.3 Å². The fraction of sp³-hybridized carbons (Fsp3) is 0.812. The van der Waals surface area contributed by atoms with Crippen LogP contribution in [0.15, 0.2) is 12.5 Å². The Kier molecular flexibility index (Phi) is 4.62. The Bertz CT molecular complexity index is 445. The number of hydrogen-bond acceptors (Lipinski definition) is 4. The summed E-state index contributed by atoms with van der Waals surface area (Å²) in [5, 5.41) is 3.81. The normalized spacial score (nSPS) is 25.6. The molecule has 1 aromatic rings. The Hall–Kier alpha value is -0.910. The zero-order valence-electron chi connectivity index (χ0n) is 13.2. The third kappa shape index (κ3) is 3.00. The zero-order valence-corrected chi connectivity index (χ0v) is 13.2. The summed E-state index contributed by atoms with van der Waals surface area (Å²) < 4.78 is 13.1. The van der Waals surface area contributed by atoms with E-state index in [2.05, 4.69) is 14.9 Å². The van der Waals surface area contributed by atoms with Crippen molar-refractivity contribution in [3.8, 4) is 0 Å². The third-order valence-electron chi connectivity index (χ3n) is 5.17. The molecule has 0 amide bonds. The van der Waals surface area contributed by atoms with Crippen LogP contribution in [0.1, 0.15) is 63.0 Å². The van der Waals surface area contributed by atoms with Gasteiger partial charge in [0.2, 0.25) is 0 Å². The van der Waals surface area contributed by atoms with Crippen LogP contribution in [0.4, 0.5) is 0 Å². The van der Waals surface area contributed by atoms with E-state index in [1.54, 1.807) is 14.2 Å². The summed E-state index contributed by atoms with van der Waals surface area (Å²) in [5.74, 6) is 0. The van der Waals surface area contributed by atoms with Crippen LogP contribution in [0, 0.1) is 0 Å². The molecule has 2 aliphatic rings. The van der Waals surface area contributed by atoms with E-state index in [4.69, 9.17) is 9.47 Å². The molecule has 0 aromatic carbocycles. The zero-order chi connectivity index (χ0) is 14.7. The summed E-state index contributed by atoms with van der Waals surface area (Å²) in [6.07, 6.45) is 12.5. The molecular formula is C16H27N3O2. The van der Waals surface area contributed by atoms with E-state index in [0.29, 0.717) is 11.6 Å². The molecule has 0 bridgehead atoms. The van der Waals surface area contributed by atoms with Crippen LogP contribution in [0.3, 0.4) is 0 Å². The van der Waals surface area contributed by atoms with Crippen molar-refractivity contribution >= 4 is 0 Å². The highest BCUT2D eigenvalue weighted by Crippen LogP contribution is 2.39. The van der Waals surface area contributed by atoms with Crippen LogP contribution in [-0.2, 0) is 9.47 Å². The average molecular weight is 293 g/mol. The molecule has 1 atom stereocenters. The Balaban J connectivity index is 1.79. The quantitative estimate of drug-likeness (QED) is 0.867. The molecular weight excluding hydrogens is 266 g/mol. The minimum absolute atomic E-state index is 0.329. The number of hydrogen-bond donors (Lipinski definition) is 1. The lowest BCUT2D eigenvalue weighted by molar-refractivity contribution is -0.111. The van der Waals surface area contributed by atoms with Gasteiger partial charge in [0, 0.05) is 25.8 Å². The molecule has 1 spiro atoms. The molecule has 1 unspecified atom stereocenters. The van der Waals surface area contributed by atoms with E-state index >= 15 is 0 Å². The van der Waals surface area contributed by atoms with Crippen LogP contribution in [0.2, 0.25) is 0 Å². The maximum Gasteiger partial charge on any atom is 0.200 e. The first-order valence-electron chi connectivity index (χ1n) is 8.10. The Morgan fingerprint density at radius 2 is 2.05 bits per heavy atom. The number of ether oxygens (including phenoxy) is 2. The molecule has 2 heterocycles. The molecule has 5 heteroatoms. The molecule has 1 aliphatic carbocycles. The lowest BCUT2D eigenvalue weighted by Gasteiger charge is -2.45. The number of imidazole rings is 1. The minimum Gasteiger partial charge on any atom is -0.350 e. The van der Waals surface area contributed by atoms with E-state index in [1.165, 1.54) is 38.5 Å². The van der Waals surface area contributed by atoms with Crippen molar-refractivity contribution in [1.29, 1.82) is 0 Å². The summed E-state index contributed by atoms with van der Waals surface area (Å²) in [6, 6.07) is 0.495. The van der Waals surface area contributed by atoms with Gasteiger partial charge >= 0.3 is 0 Å². The second kappa shape index (κ2) is 6.46. The van der Waals surface area contributed by atoms with Crippen molar-refractivity contribution in [2.24, 2.45) is 0 Å². The molecule has 1 aliphatic heterocycles. The maximum absolute atomic E-state index is 5.41. The van der Waals surface area contributed by atoms with Gasteiger partial charge in [0.05, 0.1) is 18.2 Å². The van der Waals surface area contributed by atoms with Crippen molar-refractivity contribution in [2.45, 2.75) is 62.8 Å². The molecule has 5 nitrogen and oxygen atoms in total. The van der Waals surface area contributed by atoms with E-state index in [9.17, 15) is 0 Å². The lowest BCUT2D eigenvalue weighted by atomic mass is 9.75. The second-order valence-corrected chi connectivity index (χ2v) is 6.44. The fourth-order valence-electron chi connectivity index (χ4n) is 4.12. The van der Waals surface area contributed by atoms with E-state index in [0.717, 1.165) is 18.7 Å². The van der Waals surface area contributed by atoms with Crippen molar-refractivity contribution in [1.82, 2.24) is 14.9 Å². The van der Waals surface area contributed by atoms with Crippen molar-refractivity contribution in [3.05, 3.63) is 18.2 Å². The predicted octanol–water partition coefficient (Wildman–Crippen LogP) is 2.80. The van der Waals surface area contributed by atoms with Gasteiger partial charge in [0.1, 0.15) is 0 Å². The van der Waals surface area contributed by atoms with Crippen molar-refractivity contribution in [3.63, 3.8) is 0 Å². The maximum atomic E-state index is 5.41. The Morgan fingerprint density at radius 3 is 2.76 bits per heavy atom. The van der Waals surface area contributed by atoms with Crippen molar-refractivity contribution < 1.29 is 9.47 Å². The topological polar surface area (TPSA) is 48.3 Å². The van der Waals surface area contributed by atoms with E-state index in [-0.39, 0.29) is 6.29 Å². The summed E-state index contributed by atoms with van der Waals surface area (Å²) in [7, 11) is 3.35. The van der Waals surface area contributed by atoms with Crippen LogP contribution < -0.4 is 5.32 Å². The van der Waals surface area contributed by atoms with Gasteiger partial charge in [-0.05, 0) is 32.2 Å². The van der Waals surface area contributed by atoms with Crippen LogP contribution >= 0.6 is 0 Å². The fourth-order valence-corrected chi connectivity index (χ4v) is 4.12. The highest BCUT2D eigenvalue weighted by Gasteiger charge is 2.38. The smallest absolute Gasteiger partial charge is 0.200 e. The van der Waals surface area contributed by atoms with Crippen LogP contribution in [0.25, 0.3) is 0 Å². The van der Waals surface area contributed by atoms with Gasteiger partial charge in [0.15, 0.2) is 6.29 Å². The molecule has 3 rings (SSSR count). The molecule has 1 aromatic heterocycles. The van der Waals surface area contributed by atoms with Gasteiger partial charge in [0.25, 0.3) is 0 Å². The summed E-state index contributed by atoms with van der Waals surface area (Å²) in [5.41, 5.74) is 1.37. The van der Waals surface area contributed by atoms with E-state index in [1.807, 2.05) is 12.5 Å². The number of nitrogens with one attached hydrogen (secondary N) is 1. The molecule has 21 heavy (non-hydrogen) atoms. The SMILES string of the molecule is COC(OC)c1cncn1C1CCNC2(CCCCC2)C1. The Morgan fingerprint density at radius 1 is 1.29 bits per heavy atom. The second-order valence-electron chi connectivity index (χ2n) is 6.44. The van der Waals surface area contributed by atoms with Gasteiger partial charge < -0.3 is 19.4 Å². The number of methoxy groups -OCH3 is 2. The number of aromatic nitrogens is 2. The highest BCUT2D eigenvalue weighted by molar-refractivity contribution is 5.06. The van der Waals surface area contributed by atoms with Gasteiger partial charge in [-0.3, -0.25) is 0 Å². The third-order valence-corrected chi connectivity index (χ3v) is 5.17. The van der Waals surface area contributed by atoms with Crippen LogP contribution in [0.5, 0.6) is 0 Å². The highest BCUT2D eigenvalue weighted by atomic mass is 16.7. The van der Waals surface area contributed by atoms with Gasteiger partial charge in [-0.15, -0.1) is 0 Å². The minimum atomic E-state index is -0.329. The van der Waals surface area contributed by atoms with Crippen LogP contribution in [-0.4, -0.2) is 35.9 Å². The molecule has 0 radical (unpaired) electrons. The number of piperidine rings is 1. The predicted molar refractivity (Wildman–Crippen MR) is 81.1 cm³/mol. The molecule has 1 saturated heterocycles. The monoisotopic (exact) mass is 293 g/mol. The first-order valence-corrected chi connectivity index (χ1v) is 8.10. The van der Waals surface area contributed by atoms with Gasteiger partial charge in [-0.2, -0.15) is 0 Å². The summed E-state index contributed by atoms with van der Waals surface area (Å²) >= 11 is 0. The molecule has 2 fully saturated rings. The lowest BCUT2D eigenvalue weighted by Crippen LogP contribution is -2.52. The molecule has 118 valence electrons. The van der Waals surface area contributed by atoms with Crippen molar-refractivity contribution in [2.75, 3.05) is 20.8 Å². The van der Waals surface area contributed by atoms with Gasteiger partial charge in [-0.25, -0.2) is 4.98 Å². The Labute approximate surface area is 127 Å². The first-order chi connectivity index (χ1) is 10.3. The largest absolute Gasteiger partial charge is 0.350 e. The summed E-state index contributed by atoms with van der Waals surface area (Å²) in [4.78, 5) is 4.33. The standard InChI is InChI=1S/C16H27N3O2/c1-20-15(21-2)14-11-17-12-19(14)13-6-9-18-16(10-13)7-4-3-5-8-16/h11-13,15,18H,3-10H2,1-2H3. The average Bonchev–Trinajstić information content (AvgIpc) is 2.99. The van der Waals surface area contributed by atoms with E-state index < -0.39 is 0 Å². The number of nitrogens with zero attached hydrogens (tertiary/aromatic N) is 2. The number of rotatable bonds is 4. The molecule has 1 saturated carbocycles.